The molecule has 0 bridgehead atoms. The van der Waals surface area contributed by atoms with Crippen LogP contribution in [0.4, 0.5) is 0 Å². The number of ether oxygens (including phenoxy) is 2. The molecule has 0 saturated carbocycles. The van der Waals surface area contributed by atoms with Crippen LogP contribution >= 0.6 is 0 Å². The van der Waals surface area contributed by atoms with Gasteiger partial charge in [-0.15, -0.1) is 0 Å². The van der Waals surface area contributed by atoms with Crippen molar-refractivity contribution in [2.45, 2.75) is 40.0 Å². The molecule has 1 aliphatic rings. The lowest BCUT2D eigenvalue weighted by Crippen LogP contribution is -2.44. The van der Waals surface area contributed by atoms with E-state index in [9.17, 15) is 14.7 Å². The summed E-state index contributed by atoms with van der Waals surface area (Å²) in [6.45, 7) is 7.28. The number of rotatable bonds is 9. The fourth-order valence-corrected chi connectivity index (χ4v) is 3.31. The van der Waals surface area contributed by atoms with Crippen LogP contribution < -0.4 is 19.9 Å². The molecular formula is C21H28NO5-. The number of nitrogens with one attached hydrogen (secondary N) is 1. The number of benzene rings is 1. The molecule has 0 saturated heterocycles. The Balaban J connectivity index is 1.95. The number of allylic oxidation sites excluding steroid dienone is 2. The number of carbonyl (C=O) groups excluding carboxylic acids is 2. The quantitative estimate of drug-likeness (QED) is 0.667. The monoisotopic (exact) mass is 374 g/mol. The molecule has 0 aliphatic heterocycles. The molecule has 1 aromatic rings. The smallest absolute Gasteiger partial charge is 0.224 e. The zero-order valence-electron chi connectivity index (χ0n) is 16.2. The molecule has 1 amide bonds. The highest BCUT2D eigenvalue weighted by molar-refractivity contribution is 5.84. The van der Waals surface area contributed by atoms with Crippen LogP contribution in [0.3, 0.4) is 0 Å². The van der Waals surface area contributed by atoms with E-state index in [1.807, 2.05) is 45.0 Å². The molecule has 1 N–H and O–H groups in total. The third kappa shape index (κ3) is 5.74. The van der Waals surface area contributed by atoms with Gasteiger partial charge < -0.3 is 24.7 Å². The highest BCUT2D eigenvalue weighted by Gasteiger charge is 2.31. The van der Waals surface area contributed by atoms with Gasteiger partial charge in [0.25, 0.3) is 0 Å². The Morgan fingerprint density at radius 3 is 2.52 bits per heavy atom. The fraction of sp³-hybridized carbons (Fsp3) is 0.524. The van der Waals surface area contributed by atoms with Crippen molar-refractivity contribution >= 4 is 11.9 Å². The molecule has 148 valence electrons. The van der Waals surface area contributed by atoms with E-state index in [2.05, 4.69) is 5.32 Å². The Bertz CT molecular complexity index is 698. The fourth-order valence-electron chi connectivity index (χ4n) is 3.31. The first-order chi connectivity index (χ1) is 13.0. The van der Waals surface area contributed by atoms with Crippen LogP contribution in [0, 0.1) is 11.8 Å². The third-order valence-electron chi connectivity index (χ3n) is 4.71. The van der Waals surface area contributed by atoms with Gasteiger partial charge in [-0.3, -0.25) is 4.79 Å². The first-order valence-electron chi connectivity index (χ1n) is 9.48. The van der Waals surface area contributed by atoms with E-state index in [1.165, 1.54) is 0 Å². The minimum absolute atomic E-state index is 0.229. The van der Waals surface area contributed by atoms with Crippen LogP contribution in [0.2, 0.25) is 0 Å². The van der Waals surface area contributed by atoms with Crippen molar-refractivity contribution in [3.05, 3.63) is 35.4 Å². The number of carbonyl (C=O) groups is 2. The van der Waals surface area contributed by atoms with Crippen molar-refractivity contribution in [2.24, 2.45) is 11.8 Å². The molecule has 6 heteroatoms. The van der Waals surface area contributed by atoms with Crippen molar-refractivity contribution < 1.29 is 24.2 Å². The van der Waals surface area contributed by atoms with E-state index < -0.39 is 17.8 Å². The molecular weight excluding hydrogens is 346 g/mol. The van der Waals surface area contributed by atoms with Crippen molar-refractivity contribution in [3.63, 3.8) is 0 Å². The van der Waals surface area contributed by atoms with E-state index in [-0.39, 0.29) is 5.91 Å². The van der Waals surface area contributed by atoms with Crippen molar-refractivity contribution in [2.75, 3.05) is 19.8 Å². The predicted molar refractivity (Wildman–Crippen MR) is 100 cm³/mol. The van der Waals surface area contributed by atoms with Gasteiger partial charge in [-0.25, -0.2) is 0 Å². The molecule has 0 aromatic heterocycles. The second-order valence-electron chi connectivity index (χ2n) is 6.71. The largest absolute Gasteiger partial charge is 0.550 e. The molecule has 0 unspecified atom stereocenters. The summed E-state index contributed by atoms with van der Waals surface area (Å²) in [6.07, 6.45) is 3.31. The zero-order valence-corrected chi connectivity index (χ0v) is 16.2. The lowest BCUT2D eigenvalue weighted by molar-refractivity contribution is -0.313. The minimum atomic E-state index is -1.16. The van der Waals surface area contributed by atoms with E-state index in [4.69, 9.17) is 9.47 Å². The van der Waals surface area contributed by atoms with Crippen molar-refractivity contribution in [1.29, 1.82) is 0 Å². The van der Waals surface area contributed by atoms with Gasteiger partial charge in [0.05, 0.1) is 13.2 Å². The van der Waals surface area contributed by atoms with Gasteiger partial charge in [0.2, 0.25) is 5.91 Å². The van der Waals surface area contributed by atoms with Gasteiger partial charge in [-0.05, 0) is 57.7 Å². The summed E-state index contributed by atoms with van der Waals surface area (Å²) in [5.41, 5.74) is 2.05. The second kappa shape index (κ2) is 10.00. The maximum atomic E-state index is 12.5. The van der Waals surface area contributed by atoms with Crippen LogP contribution in [0.5, 0.6) is 11.5 Å². The van der Waals surface area contributed by atoms with Gasteiger partial charge in [-0.2, -0.15) is 0 Å². The number of hydrogen-bond donors (Lipinski definition) is 1. The predicted octanol–water partition coefficient (Wildman–Crippen LogP) is 1.87. The lowest BCUT2D eigenvalue weighted by atomic mass is 9.79. The van der Waals surface area contributed by atoms with E-state index in [0.29, 0.717) is 50.5 Å². The minimum Gasteiger partial charge on any atom is -0.550 e. The van der Waals surface area contributed by atoms with Crippen LogP contribution in [0.25, 0.3) is 0 Å². The molecule has 1 aliphatic carbocycles. The average Bonchev–Trinajstić information content (AvgIpc) is 2.63. The van der Waals surface area contributed by atoms with Gasteiger partial charge in [0.15, 0.2) is 11.5 Å². The summed E-state index contributed by atoms with van der Waals surface area (Å²) in [5.74, 6) is -1.33. The molecule has 27 heavy (non-hydrogen) atoms. The maximum Gasteiger partial charge on any atom is 0.224 e. The summed E-state index contributed by atoms with van der Waals surface area (Å²) in [6, 6.07) is 5.72. The number of amides is 1. The number of carboxylic acids is 1. The number of hydrogen-bond acceptors (Lipinski definition) is 5. The summed E-state index contributed by atoms with van der Waals surface area (Å²) in [5, 5.41) is 14.2. The molecule has 0 radical (unpaired) electrons. The first kappa shape index (κ1) is 20.8. The van der Waals surface area contributed by atoms with Crippen LogP contribution in [0.15, 0.2) is 29.8 Å². The highest BCUT2D eigenvalue weighted by atomic mass is 16.5. The Morgan fingerprint density at radius 1 is 1.15 bits per heavy atom. The normalized spacial score (nSPS) is 19.1. The molecule has 6 nitrogen and oxygen atoms in total. The molecule has 0 fully saturated rings. The maximum absolute atomic E-state index is 12.5. The number of carboxylic acid groups (broad SMARTS) is 1. The summed E-state index contributed by atoms with van der Waals surface area (Å²) in [4.78, 5) is 23.8. The van der Waals surface area contributed by atoms with Gasteiger partial charge >= 0.3 is 0 Å². The van der Waals surface area contributed by atoms with Gasteiger partial charge in [0.1, 0.15) is 0 Å². The van der Waals surface area contributed by atoms with E-state index in [0.717, 1.165) is 11.1 Å². The van der Waals surface area contributed by atoms with Gasteiger partial charge in [0, 0.05) is 24.3 Å². The third-order valence-corrected chi connectivity index (χ3v) is 4.71. The van der Waals surface area contributed by atoms with Crippen LogP contribution in [-0.2, 0) is 16.0 Å². The summed E-state index contributed by atoms with van der Waals surface area (Å²) >= 11 is 0. The second-order valence-corrected chi connectivity index (χ2v) is 6.71. The Hall–Kier alpha value is -2.50. The zero-order chi connectivity index (χ0) is 19.8. The molecule has 1 aromatic carbocycles. The average molecular weight is 374 g/mol. The lowest BCUT2D eigenvalue weighted by Gasteiger charge is -2.30. The first-order valence-corrected chi connectivity index (χ1v) is 9.48. The van der Waals surface area contributed by atoms with E-state index in [1.54, 1.807) is 0 Å². The highest BCUT2D eigenvalue weighted by Crippen LogP contribution is 2.30. The molecule has 0 heterocycles. The SMILES string of the molecule is CCOc1ccc(CCNC(=O)[C@@H]2CC(C)=CC[C@@H]2C(=O)[O-])cc1OCC. The van der Waals surface area contributed by atoms with E-state index >= 15 is 0 Å². The standard InChI is InChI=1S/C21H29NO5/c1-4-26-18-9-7-15(13-19(18)27-5-2)10-11-22-20(23)17-12-14(3)6-8-16(17)21(24)25/h6-7,9,13,16-17H,4-5,8,10-12H2,1-3H3,(H,22,23)(H,24,25)/p-1/t16-,17+/m0/s1. The van der Waals surface area contributed by atoms with Crippen LogP contribution in [-0.4, -0.2) is 31.6 Å². The topological polar surface area (TPSA) is 87.7 Å². The Kier molecular flexibility index (Phi) is 7.70. The van der Waals surface area contributed by atoms with Crippen molar-refractivity contribution in [1.82, 2.24) is 5.32 Å². The molecule has 2 rings (SSSR count). The van der Waals surface area contributed by atoms with Gasteiger partial charge in [-0.1, -0.05) is 17.7 Å². The van der Waals surface area contributed by atoms with Crippen molar-refractivity contribution in [3.8, 4) is 11.5 Å². The Labute approximate surface area is 160 Å². The Morgan fingerprint density at radius 2 is 1.85 bits per heavy atom. The summed E-state index contributed by atoms with van der Waals surface area (Å²) < 4.78 is 11.2. The number of aliphatic carboxylic acids is 1. The molecule has 2 atom stereocenters. The van der Waals surface area contributed by atoms with Crippen LogP contribution in [0.1, 0.15) is 39.2 Å². The molecule has 0 spiro atoms. The summed E-state index contributed by atoms with van der Waals surface area (Å²) in [7, 11) is 0.